The van der Waals surface area contributed by atoms with Crippen LogP contribution in [0.15, 0.2) is 110 Å². The van der Waals surface area contributed by atoms with E-state index >= 15 is 0 Å². The summed E-state index contributed by atoms with van der Waals surface area (Å²) in [5.74, 6) is 2.85. The van der Waals surface area contributed by atoms with Crippen LogP contribution in [0.4, 0.5) is 0 Å². The predicted octanol–water partition coefficient (Wildman–Crippen LogP) is 11.8. The van der Waals surface area contributed by atoms with Crippen molar-refractivity contribution in [3.05, 3.63) is 149 Å². The lowest BCUT2D eigenvalue weighted by Crippen LogP contribution is -1.98. The number of ketones is 1. The lowest BCUT2D eigenvalue weighted by Gasteiger charge is -2.05. The zero-order valence-corrected chi connectivity index (χ0v) is 32.6. The molecule has 5 rings (SSSR count). The van der Waals surface area contributed by atoms with E-state index in [-0.39, 0.29) is 5.78 Å². The van der Waals surface area contributed by atoms with E-state index < -0.39 is 0 Å². The summed E-state index contributed by atoms with van der Waals surface area (Å²) < 4.78 is 0. The van der Waals surface area contributed by atoms with Gasteiger partial charge >= 0.3 is 0 Å². The number of Topliss-reactive ketones (excluding diaryl/α,β-unsaturated/α-hetero) is 1. The summed E-state index contributed by atoms with van der Waals surface area (Å²) in [6.45, 7) is 25.2. The van der Waals surface area contributed by atoms with E-state index in [1.165, 1.54) is 29.3 Å². The van der Waals surface area contributed by atoms with E-state index in [0.717, 1.165) is 17.7 Å². The number of hydrogen-bond acceptors (Lipinski definition) is 6. The van der Waals surface area contributed by atoms with Crippen molar-refractivity contribution in [2.24, 2.45) is 0 Å². The third kappa shape index (κ3) is 18.3. The van der Waals surface area contributed by atoms with Gasteiger partial charge in [0.1, 0.15) is 5.69 Å². The van der Waals surface area contributed by atoms with Crippen LogP contribution in [0.5, 0.6) is 0 Å². The van der Waals surface area contributed by atoms with Gasteiger partial charge in [0, 0.05) is 61.7 Å². The first-order chi connectivity index (χ1) is 23.8. The van der Waals surface area contributed by atoms with Crippen LogP contribution in [-0.2, 0) is 6.42 Å². The smallest absolute Gasteiger partial charge is 0.178 e. The molecule has 268 valence electrons. The van der Waals surface area contributed by atoms with E-state index in [2.05, 4.69) is 119 Å². The third-order valence-electron chi connectivity index (χ3n) is 7.68. The van der Waals surface area contributed by atoms with E-state index in [1.54, 1.807) is 12.4 Å². The van der Waals surface area contributed by atoms with E-state index in [0.29, 0.717) is 35.3 Å². The lowest BCUT2D eigenvalue weighted by molar-refractivity contribution is 0.101. The standard InChI is InChI=1S/C10H13NO.C10H15N.3C8H11N/c1-7(2)9-4-5-11-10(6-9)8(3)12;1-4-10-7-9(8(2)3)5-6-11-10;1-7(2)8-3-5-9-6-4-8;1-7(2)8-4-3-5-9-6-8;1-7(2)8-5-3-4-6-9-8/h4-7H,1-3H3;5-8H,4H2,1-3H3;3*3-7H,1-2H3. The molecule has 0 N–H and O–H groups in total. The van der Waals surface area contributed by atoms with Crippen molar-refractivity contribution in [3.8, 4) is 0 Å². The molecule has 0 aromatic carbocycles. The normalized spacial score (nSPS) is 10.3. The van der Waals surface area contributed by atoms with Crippen molar-refractivity contribution >= 4 is 5.78 Å². The Balaban J connectivity index is 0.000000314. The maximum Gasteiger partial charge on any atom is 0.178 e. The predicted molar refractivity (Wildman–Crippen MR) is 211 cm³/mol. The minimum Gasteiger partial charge on any atom is -0.293 e. The fourth-order valence-electron chi connectivity index (χ4n) is 4.23. The van der Waals surface area contributed by atoms with Gasteiger partial charge in [-0.3, -0.25) is 29.7 Å². The molecule has 0 atom stereocenters. The van der Waals surface area contributed by atoms with Gasteiger partial charge in [-0.05, 0) is 113 Å². The molecule has 50 heavy (non-hydrogen) atoms. The lowest BCUT2D eigenvalue weighted by atomic mass is 10.0. The largest absolute Gasteiger partial charge is 0.293 e. The quantitative estimate of drug-likeness (QED) is 0.160. The molecule has 0 aliphatic heterocycles. The molecule has 0 unspecified atom stereocenters. The molecule has 5 heterocycles. The summed E-state index contributed by atoms with van der Waals surface area (Å²) in [6, 6.07) is 22.2. The van der Waals surface area contributed by atoms with Gasteiger partial charge in [0.05, 0.1) is 0 Å². The van der Waals surface area contributed by atoms with E-state index in [9.17, 15) is 4.79 Å². The molecule has 0 saturated carbocycles. The summed E-state index contributed by atoms with van der Waals surface area (Å²) in [5, 5.41) is 0. The Labute approximate surface area is 303 Å². The second-order valence-corrected chi connectivity index (χ2v) is 13.6. The summed E-state index contributed by atoms with van der Waals surface area (Å²) in [5.41, 5.74) is 8.12. The summed E-state index contributed by atoms with van der Waals surface area (Å²) >= 11 is 0. The maximum atomic E-state index is 11.0. The minimum absolute atomic E-state index is 0.0255. The molecule has 6 nitrogen and oxygen atoms in total. The van der Waals surface area contributed by atoms with Gasteiger partial charge in [-0.2, -0.15) is 0 Å². The zero-order chi connectivity index (χ0) is 37.5. The van der Waals surface area contributed by atoms with Crippen molar-refractivity contribution in [2.45, 2.75) is 119 Å². The number of aromatic nitrogens is 5. The van der Waals surface area contributed by atoms with Crippen molar-refractivity contribution in [3.63, 3.8) is 0 Å². The van der Waals surface area contributed by atoms with Crippen molar-refractivity contribution in [2.75, 3.05) is 0 Å². The summed E-state index contributed by atoms with van der Waals surface area (Å²) in [7, 11) is 0. The van der Waals surface area contributed by atoms with Gasteiger partial charge in [0.25, 0.3) is 0 Å². The average Bonchev–Trinajstić information content (AvgIpc) is 3.13. The first-order valence-corrected chi connectivity index (χ1v) is 17.9. The van der Waals surface area contributed by atoms with Gasteiger partial charge in [-0.25, -0.2) is 0 Å². The first-order valence-electron chi connectivity index (χ1n) is 17.9. The fourth-order valence-corrected chi connectivity index (χ4v) is 4.23. The van der Waals surface area contributed by atoms with Crippen LogP contribution in [-0.4, -0.2) is 30.7 Å². The highest BCUT2D eigenvalue weighted by Gasteiger charge is 2.04. The van der Waals surface area contributed by atoms with Gasteiger partial charge in [0.15, 0.2) is 5.78 Å². The Kier molecular flexibility index (Phi) is 21.3. The van der Waals surface area contributed by atoms with Crippen molar-refractivity contribution in [1.82, 2.24) is 24.9 Å². The zero-order valence-electron chi connectivity index (χ0n) is 32.6. The fraction of sp³-hybridized carbons (Fsp3) is 0.409. The summed E-state index contributed by atoms with van der Waals surface area (Å²) in [6.07, 6.45) is 13.8. The Morgan fingerprint density at radius 1 is 0.520 bits per heavy atom. The van der Waals surface area contributed by atoms with Crippen LogP contribution in [0.25, 0.3) is 0 Å². The van der Waals surface area contributed by atoms with Gasteiger partial charge in [-0.15, -0.1) is 0 Å². The molecule has 0 fully saturated rings. The van der Waals surface area contributed by atoms with Crippen LogP contribution >= 0.6 is 0 Å². The SMILES string of the molecule is CC(=O)c1cc(C(C)C)ccn1.CC(C)c1ccccn1.CC(C)c1cccnc1.CC(C)c1ccncc1.CCc1cc(C(C)C)ccn1. The topological polar surface area (TPSA) is 81.5 Å². The molecule has 0 aliphatic carbocycles. The van der Waals surface area contributed by atoms with Gasteiger partial charge in [0.2, 0.25) is 0 Å². The molecule has 0 amide bonds. The number of carbonyl (C=O) groups is 1. The molecule has 0 radical (unpaired) electrons. The molecule has 0 aliphatic rings. The third-order valence-corrected chi connectivity index (χ3v) is 7.68. The second-order valence-electron chi connectivity index (χ2n) is 13.6. The van der Waals surface area contributed by atoms with E-state index in [1.807, 2.05) is 79.5 Å². The monoisotopic (exact) mass is 675 g/mol. The number of hydrogen-bond donors (Lipinski definition) is 0. The molecular formula is C44H61N5O. The van der Waals surface area contributed by atoms with Crippen molar-refractivity contribution in [1.29, 1.82) is 0 Å². The molecule has 5 aromatic rings. The van der Waals surface area contributed by atoms with Crippen molar-refractivity contribution < 1.29 is 4.79 Å². The number of rotatable bonds is 7. The number of nitrogens with zero attached hydrogens (tertiary/aromatic N) is 5. The Morgan fingerprint density at radius 2 is 1.08 bits per heavy atom. The number of aryl methyl sites for hydroxylation is 1. The molecule has 6 heteroatoms. The summed E-state index contributed by atoms with van der Waals surface area (Å²) in [4.78, 5) is 31.3. The maximum absolute atomic E-state index is 11.0. The Bertz CT molecular complexity index is 1480. The Morgan fingerprint density at radius 3 is 1.48 bits per heavy atom. The average molecular weight is 676 g/mol. The van der Waals surface area contributed by atoms with Crippen LogP contribution in [0, 0.1) is 0 Å². The van der Waals surface area contributed by atoms with Crippen LogP contribution in [0.2, 0.25) is 0 Å². The van der Waals surface area contributed by atoms with Crippen LogP contribution < -0.4 is 0 Å². The molecule has 0 saturated heterocycles. The van der Waals surface area contributed by atoms with Gasteiger partial charge < -0.3 is 0 Å². The molecular weight excluding hydrogens is 615 g/mol. The van der Waals surface area contributed by atoms with E-state index in [4.69, 9.17) is 0 Å². The highest BCUT2D eigenvalue weighted by atomic mass is 16.1. The number of pyridine rings is 5. The van der Waals surface area contributed by atoms with Crippen LogP contribution in [0.3, 0.4) is 0 Å². The molecule has 0 bridgehead atoms. The highest BCUT2D eigenvalue weighted by Crippen LogP contribution is 2.15. The highest BCUT2D eigenvalue weighted by molar-refractivity contribution is 5.92. The van der Waals surface area contributed by atoms with Gasteiger partial charge in [-0.1, -0.05) is 88.3 Å². The first kappa shape index (κ1) is 43.4. The molecule has 5 aromatic heterocycles. The number of carbonyl (C=O) groups excluding carboxylic acids is 1. The minimum atomic E-state index is 0.0255. The molecule has 0 spiro atoms. The Hall–Kier alpha value is -4.58. The van der Waals surface area contributed by atoms with Crippen LogP contribution in [0.1, 0.15) is 157 Å². The second kappa shape index (κ2) is 24.5.